The second kappa shape index (κ2) is 10.6. The van der Waals surface area contributed by atoms with Gasteiger partial charge in [-0.2, -0.15) is 4.31 Å². The number of ether oxygens (including phenoxy) is 1. The Morgan fingerprint density at radius 2 is 1.70 bits per heavy atom. The van der Waals surface area contributed by atoms with Crippen LogP contribution in [0.2, 0.25) is 0 Å². The first-order valence-corrected chi connectivity index (χ1v) is 11.5. The Morgan fingerprint density at radius 3 is 2.23 bits per heavy atom. The van der Waals surface area contributed by atoms with E-state index in [-0.39, 0.29) is 10.8 Å². The molecule has 1 heterocycles. The van der Waals surface area contributed by atoms with Gasteiger partial charge in [0.2, 0.25) is 10.0 Å². The fraction of sp³-hybridized carbons (Fsp3) is 0.409. The zero-order chi connectivity index (χ0) is 22.3. The quantitative estimate of drug-likeness (QED) is 0.752. The number of anilines is 1. The molecular formula is C22H30N2O5S. The summed E-state index contributed by atoms with van der Waals surface area (Å²) in [4.78, 5) is 12.6. The van der Waals surface area contributed by atoms with Crippen molar-refractivity contribution in [3.05, 3.63) is 53.6 Å². The van der Waals surface area contributed by atoms with Crippen LogP contribution < -0.4 is 10.1 Å². The van der Waals surface area contributed by atoms with E-state index < -0.39 is 16.1 Å². The Hall–Kier alpha value is -2.42. The molecular weight excluding hydrogens is 404 g/mol. The molecule has 0 saturated carbocycles. The number of aryl methyl sites for hydroxylation is 1. The molecule has 1 saturated heterocycles. The summed E-state index contributed by atoms with van der Waals surface area (Å²) in [5.74, 6) is 0.419. The largest absolute Gasteiger partial charge is 0.496 e. The lowest BCUT2D eigenvalue weighted by molar-refractivity contribution is 0.102. The Labute approximate surface area is 178 Å². The van der Waals surface area contributed by atoms with E-state index >= 15 is 0 Å². The fourth-order valence-corrected chi connectivity index (χ4v) is 4.63. The maximum Gasteiger partial charge on any atom is 0.255 e. The summed E-state index contributed by atoms with van der Waals surface area (Å²) in [5.41, 5.74) is 1.84. The van der Waals surface area contributed by atoms with Gasteiger partial charge in [-0.1, -0.05) is 13.8 Å². The molecule has 0 spiro atoms. The molecule has 2 aromatic rings. The zero-order valence-corrected chi connectivity index (χ0v) is 18.7. The summed E-state index contributed by atoms with van der Waals surface area (Å²) < 4.78 is 32.0. The van der Waals surface area contributed by atoms with E-state index in [1.165, 1.54) is 16.4 Å². The van der Waals surface area contributed by atoms with Gasteiger partial charge in [0.05, 0.1) is 18.1 Å². The van der Waals surface area contributed by atoms with Gasteiger partial charge >= 0.3 is 0 Å². The number of carbonyl (C=O) groups excluding carboxylic acids is 1. The van der Waals surface area contributed by atoms with Crippen molar-refractivity contribution in [3.8, 4) is 5.75 Å². The summed E-state index contributed by atoms with van der Waals surface area (Å²) in [7, 11) is -2.03. The molecule has 1 amide bonds. The van der Waals surface area contributed by atoms with Crippen LogP contribution in [0.25, 0.3) is 0 Å². The standard InChI is InChI=1S/C20H24N2O5S.C2H6/c1-14-13-15(3-8-19(14)27-2)20(24)21-16-4-6-18(7-5-16)28(25,26)22-11-9-17(23)10-12-22;1-2/h3-8,13,17,23H,9-12H2,1-2H3,(H,21,24);1-2H3. The summed E-state index contributed by atoms with van der Waals surface area (Å²) in [6.07, 6.45) is 0.439. The van der Waals surface area contributed by atoms with Crippen molar-refractivity contribution < 1.29 is 23.1 Å². The molecule has 0 atom stereocenters. The normalized spacial score (nSPS) is 15.1. The van der Waals surface area contributed by atoms with E-state index in [1.807, 2.05) is 20.8 Å². The summed E-state index contributed by atoms with van der Waals surface area (Å²) >= 11 is 0. The van der Waals surface area contributed by atoms with Gasteiger partial charge in [-0.05, 0) is 67.8 Å². The number of rotatable bonds is 5. The second-order valence-electron chi connectivity index (χ2n) is 6.80. The highest BCUT2D eigenvalue weighted by molar-refractivity contribution is 7.89. The van der Waals surface area contributed by atoms with Crippen molar-refractivity contribution in [1.29, 1.82) is 0 Å². The first-order valence-electron chi connectivity index (χ1n) is 10.1. The minimum atomic E-state index is -3.60. The lowest BCUT2D eigenvalue weighted by Crippen LogP contribution is -2.39. The van der Waals surface area contributed by atoms with Crippen LogP contribution in [0.3, 0.4) is 0 Å². The van der Waals surface area contributed by atoms with E-state index in [4.69, 9.17) is 4.74 Å². The van der Waals surface area contributed by atoms with Crippen molar-refractivity contribution in [1.82, 2.24) is 4.31 Å². The Bertz CT molecular complexity index is 950. The van der Waals surface area contributed by atoms with Gasteiger partial charge in [-0.3, -0.25) is 4.79 Å². The average molecular weight is 435 g/mol. The van der Waals surface area contributed by atoms with Crippen molar-refractivity contribution in [2.75, 3.05) is 25.5 Å². The molecule has 2 N–H and O–H groups in total. The number of aliphatic hydroxyl groups excluding tert-OH is 1. The molecule has 0 radical (unpaired) electrons. The number of amides is 1. The second-order valence-corrected chi connectivity index (χ2v) is 8.74. The van der Waals surface area contributed by atoms with Crippen molar-refractivity contribution in [2.45, 2.75) is 44.6 Å². The molecule has 2 aromatic carbocycles. The number of nitrogens with one attached hydrogen (secondary N) is 1. The monoisotopic (exact) mass is 434 g/mol. The number of methoxy groups -OCH3 is 1. The molecule has 0 aromatic heterocycles. The molecule has 7 nitrogen and oxygen atoms in total. The lowest BCUT2D eigenvalue weighted by atomic mass is 10.1. The highest BCUT2D eigenvalue weighted by atomic mass is 32.2. The first-order chi connectivity index (χ1) is 14.3. The topological polar surface area (TPSA) is 95.9 Å². The molecule has 0 bridgehead atoms. The fourth-order valence-electron chi connectivity index (χ4n) is 3.16. The zero-order valence-electron chi connectivity index (χ0n) is 17.9. The number of hydrogen-bond acceptors (Lipinski definition) is 5. The first kappa shape index (κ1) is 23.9. The molecule has 1 aliphatic rings. The van der Waals surface area contributed by atoms with Crippen molar-refractivity contribution in [3.63, 3.8) is 0 Å². The molecule has 30 heavy (non-hydrogen) atoms. The van der Waals surface area contributed by atoms with E-state index in [2.05, 4.69) is 5.32 Å². The summed E-state index contributed by atoms with van der Waals surface area (Å²) in [6, 6.07) is 11.2. The van der Waals surface area contributed by atoms with Gasteiger partial charge < -0.3 is 15.2 Å². The van der Waals surface area contributed by atoms with Crippen LogP contribution in [0.1, 0.15) is 42.6 Å². The summed E-state index contributed by atoms with van der Waals surface area (Å²) in [5, 5.41) is 12.3. The minimum Gasteiger partial charge on any atom is -0.496 e. The van der Waals surface area contributed by atoms with Crippen LogP contribution in [0.4, 0.5) is 5.69 Å². The van der Waals surface area contributed by atoms with Crippen LogP contribution in [0, 0.1) is 6.92 Å². The molecule has 164 valence electrons. The minimum absolute atomic E-state index is 0.169. The van der Waals surface area contributed by atoms with Gasteiger partial charge in [-0.15, -0.1) is 0 Å². The Kier molecular flexibility index (Phi) is 8.40. The van der Waals surface area contributed by atoms with Gasteiger partial charge in [0, 0.05) is 24.3 Å². The van der Waals surface area contributed by atoms with Gasteiger partial charge in [0.15, 0.2) is 0 Å². The third-order valence-electron chi connectivity index (χ3n) is 4.83. The van der Waals surface area contributed by atoms with Crippen LogP contribution in [-0.4, -0.2) is 50.0 Å². The third-order valence-corrected chi connectivity index (χ3v) is 6.74. The molecule has 1 aliphatic heterocycles. The Morgan fingerprint density at radius 1 is 1.10 bits per heavy atom. The number of aliphatic hydroxyl groups is 1. The number of piperidine rings is 1. The lowest BCUT2D eigenvalue weighted by Gasteiger charge is -2.28. The maximum atomic E-state index is 12.7. The number of sulfonamides is 1. The molecule has 8 heteroatoms. The van der Waals surface area contributed by atoms with Crippen LogP contribution in [-0.2, 0) is 10.0 Å². The van der Waals surface area contributed by atoms with Crippen LogP contribution >= 0.6 is 0 Å². The van der Waals surface area contributed by atoms with Crippen molar-refractivity contribution in [2.24, 2.45) is 0 Å². The van der Waals surface area contributed by atoms with Gasteiger partial charge in [0.25, 0.3) is 5.91 Å². The summed E-state index contributed by atoms with van der Waals surface area (Å²) in [6.45, 7) is 6.46. The number of hydrogen-bond donors (Lipinski definition) is 2. The predicted molar refractivity (Wildman–Crippen MR) is 117 cm³/mol. The van der Waals surface area contributed by atoms with E-state index in [1.54, 1.807) is 37.4 Å². The highest BCUT2D eigenvalue weighted by Crippen LogP contribution is 2.23. The molecule has 0 unspecified atom stereocenters. The maximum absolute atomic E-state index is 12.7. The number of nitrogens with zero attached hydrogens (tertiary/aromatic N) is 1. The number of carbonyl (C=O) groups is 1. The Balaban J connectivity index is 0.00000155. The average Bonchev–Trinajstić information content (AvgIpc) is 2.75. The number of benzene rings is 2. The SMILES string of the molecule is CC.COc1ccc(C(=O)Nc2ccc(S(=O)(=O)N3CCC(O)CC3)cc2)cc1C. The van der Waals surface area contributed by atoms with Crippen LogP contribution in [0.5, 0.6) is 5.75 Å². The van der Waals surface area contributed by atoms with Crippen LogP contribution in [0.15, 0.2) is 47.4 Å². The molecule has 1 fully saturated rings. The smallest absolute Gasteiger partial charge is 0.255 e. The highest BCUT2D eigenvalue weighted by Gasteiger charge is 2.28. The van der Waals surface area contributed by atoms with Crippen molar-refractivity contribution >= 4 is 21.6 Å². The van der Waals surface area contributed by atoms with Gasteiger partial charge in [-0.25, -0.2) is 8.42 Å². The van der Waals surface area contributed by atoms with Gasteiger partial charge in [0.1, 0.15) is 5.75 Å². The third kappa shape index (κ3) is 5.59. The molecule has 0 aliphatic carbocycles. The van der Waals surface area contributed by atoms with E-state index in [9.17, 15) is 18.3 Å². The molecule has 3 rings (SSSR count). The predicted octanol–water partition coefficient (Wildman–Crippen LogP) is 3.43. The van der Waals surface area contributed by atoms with E-state index in [0.717, 1.165) is 5.56 Å². The van der Waals surface area contributed by atoms with E-state index in [0.29, 0.717) is 42.9 Å².